The average Bonchev–Trinajstić information content (AvgIpc) is 3.05. The first-order valence-electron chi connectivity index (χ1n) is 6.47. The number of urea groups is 1. The monoisotopic (exact) mass is 314 g/mol. The van der Waals surface area contributed by atoms with Crippen LogP contribution in [-0.2, 0) is 0 Å². The summed E-state index contributed by atoms with van der Waals surface area (Å²) < 4.78 is 0.141. The van der Waals surface area contributed by atoms with Gasteiger partial charge in [-0.25, -0.2) is 9.59 Å². The molecule has 5 nitrogen and oxygen atoms in total. The summed E-state index contributed by atoms with van der Waals surface area (Å²) in [4.78, 5) is 22.8. The van der Waals surface area contributed by atoms with Crippen LogP contribution >= 0.6 is 23.1 Å². The Morgan fingerprint density at radius 1 is 1.45 bits per heavy atom. The molecule has 2 amide bonds. The van der Waals surface area contributed by atoms with Crippen LogP contribution in [0, 0.1) is 0 Å². The number of aromatic carboxylic acids is 1. The molecule has 0 aromatic carbocycles. The van der Waals surface area contributed by atoms with E-state index in [4.69, 9.17) is 5.11 Å². The molecule has 0 unspecified atom stereocenters. The van der Waals surface area contributed by atoms with Crippen molar-refractivity contribution in [3.63, 3.8) is 0 Å². The van der Waals surface area contributed by atoms with Gasteiger partial charge in [-0.15, -0.1) is 11.3 Å². The highest BCUT2D eigenvalue weighted by atomic mass is 32.2. The van der Waals surface area contributed by atoms with Crippen LogP contribution in [0.25, 0.3) is 0 Å². The second kappa shape index (κ2) is 6.49. The molecular weight excluding hydrogens is 296 g/mol. The van der Waals surface area contributed by atoms with E-state index in [1.165, 1.54) is 30.2 Å². The van der Waals surface area contributed by atoms with E-state index >= 15 is 0 Å². The molecule has 1 aromatic rings. The smallest absolute Gasteiger partial charge is 0.338 e. The Kier molecular flexibility index (Phi) is 4.93. The number of thioether (sulfide) groups is 1. The highest BCUT2D eigenvalue weighted by Gasteiger charge is 2.33. The fraction of sp³-hybridized carbons (Fsp3) is 0.538. The summed E-state index contributed by atoms with van der Waals surface area (Å²) in [5.41, 5.74) is 0.130. The molecule has 1 aromatic heterocycles. The van der Waals surface area contributed by atoms with E-state index in [0.717, 1.165) is 12.8 Å². The third kappa shape index (κ3) is 3.46. The third-order valence-corrected chi connectivity index (χ3v) is 5.89. The van der Waals surface area contributed by atoms with Crippen molar-refractivity contribution in [3.8, 4) is 0 Å². The minimum atomic E-state index is -1.03. The number of nitrogens with one attached hydrogen (secondary N) is 2. The SMILES string of the molecule is CSC1(CNC(=O)Nc2sccc2C(=O)O)CCCC1. The van der Waals surface area contributed by atoms with E-state index in [0.29, 0.717) is 11.5 Å². The van der Waals surface area contributed by atoms with Crippen LogP contribution in [-0.4, -0.2) is 34.7 Å². The average molecular weight is 314 g/mol. The maximum atomic E-state index is 11.9. The number of amides is 2. The van der Waals surface area contributed by atoms with Gasteiger partial charge in [0.25, 0.3) is 0 Å². The molecule has 1 aliphatic rings. The number of carbonyl (C=O) groups excluding carboxylic acids is 1. The minimum Gasteiger partial charge on any atom is -0.478 e. The van der Waals surface area contributed by atoms with E-state index in [1.54, 1.807) is 17.1 Å². The Morgan fingerprint density at radius 3 is 2.75 bits per heavy atom. The zero-order valence-corrected chi connectivity index (χ0v) is 12.9. The molecule has 7 heteroatoms. The lowest BCUT2D eigenvalue weighted by molar-refractivity contribution is 0.0698. The lowest BCUT2D eigenvalue weighted by atomic mass is 10.1. The first-order valence-corrected chi connectivity index (χ1v) is 8.57. The van der Waals surface area contributed by atoms with Crippen LogP contribution in [0.5, 0.6) is 0 Å². The van der Waals surface area contributed by atoms with Crippen LogP contribution in [0.15, 0.2) is 11.4 Å². The van der Waals surface area contributed by atoms with Gasteiger partial charge in [-0.3, -0.25) is 5.32 Å². The first-order chi connectivity index (χ1) is 9.56. The molecule has 20 heavy (non-hydrogen) atoms. The topological polar surface area (TPSA) is 78.4 Å². The van der Waals surface area contributed by atoms with Crippen molar-refractivity contribution in [2.45, 2.75) is 30.4 Å². The summed E-state index contributed by atoms with van der Waals surface area (Å²) in [6, 6.07) is 1.15. The van der Waals surface area contributed by atoms with E-state index in [2.05, 4.69) is 16.9 Å². The number of carboxylic acid groups (broad SMARTS) is 1. The molecule has 0 atom stereocenters. The van der Waals surface area contributed by atoms with Gasteiger partial charge in [-0.05, 0) is 30.5 Å². The van der Waals surface area contributed by atoms with Crippen LogP contribution in [0.2, 0.25) is 0 Å². The van der Waals surface area contributed by atoms with Gasteiger partial charge in [0, 0.05) is 11.3 Å². The first kappa shape index (κ1) is 15.2. The molecule has 0 bridgehead atoms. The molecule has 1 saturated carbocycles. The van der Waals surface area contributed by atoms with E-state index in [1.807, 2.05) is 0 Å². The van der Waals surface area contributed by atoms with Crippen LogP contribution in [0.1, 0.15) is 36.0 Å². The molecule has 2 rings (SSSR count). The summed E-state index contributed by atoms with van der Waals surface area (Å²) in [6.07, 6.45) is 6.73. The molecule has 110 valence electrons. The standard InChI is InChI=1S/C13H18N2O3S2/c1-19-13(5-2-3-6-13)8-14-12(18)15-10-9(11(16)17)4-7-20-10/h4,7H,2-3,5-6,8H2,1H3,(H,16,17)(H2,14,15,18). The summed E-state index contributed by atoms with van der Waals surface area (Å²) >= 11 is 3.02. The van der Waals surface area contributed by atoms with Gasteiger partial charge in [-0.1, -0.05) is 12.8 Å². The van der Waals surface area contributed by atoms with Gasteiger partial charge in [0.2, 0.25) is 0 Å². The Bertz CT molecular complexity index is 496. The fourth-order valence-corrected chi connectivity index (χ4v) is 4.12. The van der Waals surface area contributed by atoms with Gasteiger partial charge in [0.05, 0.1) is 5.56 Å². The van der Waals surface area contributed by atoms with Crippen molar-refractivity contribution in [1.82, 2.24) is 5.32 Å². The lowest BCUT2D eigenvalue weighted by Gasteiger charge is -2.26. The summed E-state index contributed by atoms with van der Waals surface area (Å²) in [7, 11) is 0. The number of carboxylic acids is 1. The van der Waals surface area contributed by atoms with E-state index in [-0.39, 0.29) is 16.3 Å². The second-order valence-corrected chi connectivity index (χ2v) is 7.06. The van der Waals surface area contributed by atoms with Crippen molar-refractivity contribution in [2.75, 3.05) is 18.1 Å². The predicted octanol–water partition coefficient (Wildman–Crippen LogP) is 3.24. The van der Waals surface area contributed by atoms with E-state index in [9.17, 15) is 9.59 Å². The maximum Gasteiger partial charge on any atom is 0.338 e. The fourth-order valence-electron chi connectivity index (χ4n) is 2.44. The van der Waals surface area contributed by atoms with Gasteiger partial charge >= 0.3 is 12.0 Å². The summed E-state index contributed by atoms with van der Waals surface area (Å²) in [5, 5.41) is 16.5. The largest absolute Gasteiger partial charge is 0.478 e. The van der Waals surface area contributed by atoms with Crippen molar-refractivity contribution in [1.29, 1.82) is 0 Å². The molecule has 1 aliphatic carbocycles. The zero-order valence-electron chi connectivity index (χ0n) is 11.3. The molecule has 0 spiro atoms. The highest BCUT2D eigenvalue weighted by molar-refractivity contribution is 8.00. The van der Waals surface area contributed by atoms with Crippen molar-refractivity contribution in [3.05, 3.63) is 17.0 Å². The maximum absolute atomic E-state index is 11.9. The number of anilines is 1. The van der Waals surface area contributed by atoms with Gasteiger partial charge in [-0.2, -0.15) is 11.8 Å². The Labute approximate surface area is 126 Å². The van der Waals surface area contributed by atoms with Crippen molar-refractivity contribution >= 4 is 40.1 Å². The number of hydrogen-bond donors (Lipinski definition) is 3. The van der Waals surface area contributed by atoms with Crippen LogP contribution in [0.3, 0.4) is 0 Å². The number of hydrogen-bond acceptors (Lipinski definition) is 4. The molecule has 3 N–H and O–H groups in total. The minimum absolute atomic E-state index is 0.130. The third-order valence-electron chi connectivity index (χ3n) is 3.64. The normalized spacial score (nSPS) is 16.9. The quantitative estimate of drug-likeness (QED) is 0.779. The van der Waals surface area contributed by atoms with Gasteiger partial charge in [0.15, 0.2) is 0 Å². The van der Waals surface area contributed by atoms with Crippen molar-refractivity contribution in [2.24, 2.45) is 0 Å². The number of thiophene rings is 1. The number of rotatable bonds is 5. The van der Waals surface area contributed by atoms with Crippen LogP contribution in [0.4, 0.5) is 9.80 Å². The number of carbonyl (C=O) groups is 2. The lowest BCUT2D eigenvalue weighted by Crippen LogP contribution is -2.40. The van der Waals surface area contributed by atoms with Crippen LogP contribution < -0.4 is 10.6 Å². The molecule has 0 aliphatic heterocycles. The van der Waals surface area contributed by atoms with E-state index < -0.39 is 5.97 Å². The Morgan fingerprint density at radius 2 is 2.15 bits per heavy atom. The molecular formula is C13H18N2O3S2. The highest BCUT2D eigenvalue weighted by Crippen LogP contribution is 2.39. The van der Waals surface area contributed by atoms with Gasteiger partial charge < -0.3 is 10.4 Å². The van der Waals surface area contributed by atoms with Crippen molar-refractivity contribution < 1.29 is 14.7 Å². The van der Waals surface area contributed by atoms with Gasteiger partial charge in [0.1, 0.15) is 5.00 Å². The molecule has 1 heterocycles. The molecule has 0 saturated heterocycles. The summed E-state index contributed by atoms with van der Waals surface area (Å²) in [5.74, 6) is -1.03. The molecule has 0 radical (unpaired) electrons. The Hall–Kier alpha value is -1.21. The predicted molar refractivity (Wildman–Crippen MR) is 83.0 cm³/mol. The second-order valence-electron chi connectivity index (χ2n) is 4.87. The molecule has 1 fully saturated rings. The zero-order chi connectivity index (χ0) is 14.6. The summed E-state index contributed by atoms with van der Waals surface area (Å²) in [6.45, 7) is 0.619. The Balaban J connectivity index is 1.89.